The van der Waals surface area contributed by atoms with E-state index in [0.29, 0.717) is 26.4 Å². The van der Waals surface area contributed by atoms with Gasteiger partial charge in [0.15, 0.2) is 6.29 Å². The lowest BCUT2D eigenvalue weighted by atomic mass is 10.2. The topological polar surface area (TPSA) is 36.9 Å². The summed E-state index contributed by atoms with van der Waals surface area (Å²) in [7, 11) is 0. The highest BCUT2D eigenvalue weighted by atomic mass is 16.7. The average molecular weight is 250 g/mol. The van der Waals surface area contributed by atoms with E-state index in [1.165, 1.54) is 6.26 Å². The maximum atomic E-state index is 5.63. The van der Waals surface area contributed by atoms with Crippen molar-refractivity contribution in [2.75, 3.05) is 26.4 Å². The lowest BCUT2D eigenvalue weighted by Gasteiger charge is -2.29. The first-order valence-electron chi connectivity index (χ1n) is 6.02. The summed E-state index contributed by atoms with van der Waals surface area (Å²) >= 11 is 0. The van der Waals surface area contributed by atoms with Crippen molar-refractivity contribution >= 4 is 0 Å². The molecule has 1 aliphatic rings. The lowest BCUT2D eigenvalue weighted by Crippen LogP contribution is -2.34. The normalized spacial score (nSPS) is 23.6. The Morgan fingerprint density at radius 3 is 2.56 bits per heavy atom. The van der Waals surface area contributed by atoms with Gasteiger partial charge in [-0.15, -0.1) is 0 Å². The molecule has 0 unspecified atom stereocenters. The predicted molar refractivity (Wildman–Crippen MR) is 67.0 cm³/mol. The summed E-state index contributed by atoms with van der Waals surface area (Å²) in [6.07, 6.45) is 1.09. The third kappa shape index (κ3) is 3.84. The highest BCUT2D eigenvalue weighted by Gasteiger charge is 2.23. The highest BCUT2D eigenvalue weighted by Crippen LogP contribution is 2.23. The molecule has 0 atom stereocenters. The monoisotopic (exact) mass is 250 g/mol. The van der Waals surface area contributed by atoms with Crippen LogP contribution in [-0.4, -0.2) is 32.5 Å². The SMILES string of the molecule is C=COCCOC1COC(c2ccccc2)OC1. The maximum Gasteiger partial charge on any atom is 0.184 e. The predicted octanol–water partition coefficient (Wildman–Crippen LogP) is 2.28. The molecule has 0 amide bonds. The van der Waals surface area contributed by atoms with E-state index in [9.17, 15) is 0 Å². The zero-order valence-corrected chi connectivity index (χ0v) is 10.3. The molecule has 18 heavy (non-hydrogen) atoms. The van der Waals surface area contributed by atoms with Gasteiger partial charge in [0.05, 0.1) is 26.1 Å². The van der Waals surface area contributed by atoms with Gasteiger partial charge >= 0.3 is 0 Å². The van der Waals surface area contributed by atoms with E-state index < -0.39 is 0 Å². The molecule has 0 bridgehead atoms. The molecule has 0 N–H and O–H groups in total. The van der Waals surface area contributed by atoms with Gasteiger partial charge in [-0.1, -0.05) is 36.9 Å². The van der Waals surface area contributed by atoms with E-state index in [2.05, 4.69) is 6.58 Å². The first kappa shape index (κ1) is 13.1. The summed E-state index contributed by atoms with van der Waals surface area (Å²) in [5.41, 5.74) is 1.03. The second-order valence-electron chi connectivity index (χ2n) is 3.94. The fourth-order valence-corrected chi connectivity index (χ4v) is 1.73. The highest BCUT2D eigenvalue weighted by molar-refractivity contribution is 5.16. The number of hydrogen-bond donors (Lipinski definition) is 0. The summed E-state index contributed by atoms with van der Waals surface area (Å²) < 4.78 is 21.8. The van der Waals surface area contributed by atoms with Crippen LogP contribution in [0, 0.1) is 0 Å². The molecule has 98 valence electrons. The third-order valence-electron chi connectivity index (χ3n) is 2.61. The summed E-state index contributed by atoms with van der Waals surface area (Å²) in [5, 5.41) is 0. The molecule has 0 saturated carbocycles. The number of ether oxygens (including phenoxy) is 4. The number of rotatable bonds is 6. The first-order chi connectivity index (χ1) is 8.90. The van der Waals surface area contributed by atoms with Crippen LogP contribution >= 0.6 is 0 Å². The quantitative estimate of drug-likeness (QED) is 0.573. The molecule has 2 rings (SSSR count). The molecule has 4 heteroatoms. The van der Waals surface area contributed by atoms with Gasteiger partial charge in [-0.05, 0) is 0 Å². The third-order valence-corrected chi connectivity index (χ3v) is 2.61. The Bertz CT molecular complexity index is 344. The van der Waals surface area contributed by atoms with Crippen LogP contribution in [0.1, 0.15) is 11.9 Å². The molecule has 1 aliphatic heterocycles. The lowest BCUT2D eigenvalue weighted by molar-refractivity contribution is -0.231. The van der Waals surface area contributed by atoms with Gasteiger partial charge in [-0.25, -0.2) is 0 Å². The summed E-state index contributed by atoms with van der Waals surface area (Å²) in [4.78, 5) is 0. The number of hydrogen-bond acceptors (Lipinski definition) is 4. The summed E-state index contributed by atoms with van der Waals surface area (Å²) in [5.74, 6) is 0. The molecule has 0 radical (unpaired) electrons. The molecule has 0 aliphatic carbocycles. The van der Waals surface area contributed by atoms with Gasteiger partial charge < -0.3 is 18.9 Å². The molecule has 1 aromatic carbocycles. The van der Waals surface area contributed by atoms with Crippen molar-refractivity contribution in [2.45, 2.75) is 12.4 Å². The summed E-state index contributed by atoms with van der Waals surface area (Å²) in [6.45, 7) is 5.55. The van der Waals surface area contributed by atoms with Gasteiger partial charge in [0.25, 0.3) is 0 Å². The van der Waals surface area contributed by atoms with Gasteiger partial charge in [0.2, 0.25) is 0 Å². The van der Waals surface area contributed by atoms with Gasteiger partial charge in [0.1, 0.15) is 12.7 Å². The van der Waals surface area contributed by atoms with Crippen molar-refractivity contribution in [3.8, 4) is 0 Å². The van der Waals surface area contributed by atoms with Gasteiger partial charge in [-0.3, -0.25) is 0 Å². The fraction of sp³-hybridized carbons (Fsp3) is 0.429. The second kappa shape index (κ2) is 7.16. The number of benzene rings is 1. The standard InChI is InChI=1S/C14H18O4/c1-2-15-8-9-16-13-10-17-14(18-11-13)12-6-4-3-5-7-12/h2-7,13-14H,1,8-11H2. The van der Waals surface area contributed by atoms with E-state index in [1.807, 2.05) is 30.3 Å². The van der Waals surface area contributed by atoms with Crippen molar-refractivity contribution in [1.29, 1.82) is 0 Å². The Balaban J connectivity index is 1.70. The molecule has 0 aromatic heterocycles. The Morgan fingerprint density at radius 1 is 1.17 bits per heavy atom. The molecule has 4 nitrogen and oxygen atoms in total. The van der Waals surface area contributed by atoms with Crippen molar-refractivity contribution < 1.29 is 18.9 Å². The summed E-state index contributed by atoms with van der Waals surface area (Å²) in [6, 6.07) is 9.89. The molecule has 1 fully saturated rings. The Kier molecular flexibility index (Phi) is 5.20. The Morgan fingerprint density at radius 2 is 1.89 bits per heavy atom. The zero-order valence-electron chi connectivity index (χ0n) is 10.3. The van der Waals surface area contributed by atoms with E-state index >= 15 is 0 Å². The van der Waals surface area contributed by atoms with E-state index in [0.717, 1.165) is 5.56 Å². The van der Waals surface area contributed by atoms with Crippen molar-refractivity contribution in [2.24, 2.45) is 0 Å². The smallest absolute Gasteiger partial charge is 0.184 e. The molecule has 1 aromatic rings. The molecular formula is C14H18O4. The average Bonchev–Trinajstić information content (AvgIpc) is 2.45. The largest absolute Gasteiger partial charge is 0.499 e. The van der Waals surface area contributed by atoms with Crippen molar-refractivity contribution in [3.05, 3.63) is 48.7 Å². The van der Waals surface area contributed by atoms with Crippen molar-refractivity contribution in [3.63, 3.8) is 0 Å². The zero-order chi connectivity index (χ0) is 12.6. The van der Waals surface area contributed by atoms with E-state index in [4.69, 9.17) is 18.9 Å². The van der Waals surface area contributed by atoms with Crippen LogP contribution in [-0.2, 0) is 18.9 Å². The molecule has 1 saturated heterocycles. The van der Waals surface area contributed by atoms with Gasteiger partial charge in [-0.2, -0.15) is 0 Å². The van der Waals surface area contributed by atoms with E-state index in [1.54, 1.807) is 0 Å². The van der Waals surface area contributed by atoms with Crippen LogP contribution in [0.15, 0.2) is 43.2 Å². The minimum Gasteiger partial charge on any atom is -0.499 e. The molecular weight excluding hydrogens is 232 g/mol. The van der Waals surface area contributed by atoms with Crippen LogP contribution in [0.4, 0.5) is 0 Å². The second-order valence-corrected chi connectivity index (χ2v) is 3.94. The first-order valence-corrected chi connectivity index (χ1v) is 6.02. The van der Waals surface area contributed by atoms with Crippen LogP contribution in [0.2, 0.25) is 0 Å². The van der Waals surface area contributed by atoms with Crippen LogP contribution in [0.5, 0.6) is 0 Å². The fourth-order valence-electron chi connectivity index (χ4n) is 1.73. The molecule has 0 spiro atoms. The van der Waals surface area contributed by atoms with Gasteiger partial charge in [0, 0.05) is 5.56 Å². The maximum absolute atomic E-state index is 5.63. The van der Waals surface area contributed by atoms with E-state index in [-0.39, 0.29) is 12.4 Å². The Hall–Kier alpha value is -1.36. The van der Waals surface area contributed by atoms with Crippen LogP contribution in [0.3, 0.4) is 0 Å². The van der Waals surface area contributed by atoms with Crippen LogP contribution < -0.4 is 0 Å². The van der Waals surface area contributed by atoms with Crippen LogP contribution in [0.25, 0.3) is 0 Å². The Labute approximate surface area is 107 Å². The minimum absolute atomic E-state index is 0.0293. The van der Waals surface area contributed by atoms with Crippen molar-refractivity contribution in [1.82, 2.24) is 0 Å². The molecule has 1 heterocycles. The minimum atomic E-state index is -0.282.